The first kappa shape index (κ1) is 10.2. The van der Waals surface area contributed by atoms with Gasteiger partial charge in [0.2, 0.25) is 5.82 Å². The fourth-order valence-electron chi connectivity index (χ4n) is 0.979. The van der Waals surface area contributed by atoms with Crippen molar-refractivity contribution in [2.75, 3.05) is 0 Å². The highest BCUT2D eigenvalue weighted by molar-refractivity contribution is 6.32. The molecular formula is C8H6ClF3O. The third kappa shape index (κ3) is 1.46. The van der Waals surface area contributed by atoms with E-state index in [1.54, 1.807) is 0 Å². The normalized spacial score (nSPS) is 10.5. The number of rotatable bonds is 1. The van der Waals surface area contributed by atoms with Crippen LogP contribution in [0.5, 0.6) is 5.75 Å². The van der Waals surface area contributed by atoms with E-state index >= 15 is 0 Å². The van der Waals surface area contributed by atoms with Crippen molar-refractivity contribution in [3.63, 3.8) is 0 Å². The Kier molecular flexibility index (Phi) is 2.71. The second-order valence-electron chi connectivity index (χ2n) is 2.44. The average molecular weight is 211 g/mol. The lowest BCUT2D eigenvalue weighted by molar-refractivity contribution is 0.384. The quantitative estimate of drug-likeness (QED) is 0.558. The Bertz CT molecular complexity index is 323. The van der Waals surface area contributed by atoms with E-state index in [0.717, 1.165) is 0 Å². The molecule has 1 aromatic rings. The van der Waals surface area contributed by atoms with Gasteiger partial charge in [0.15, 0.2) is 17.4 Å². The Balaban J connectivity index is 3.56. The van der Waals surface area contributed by atoms with E-state index in [2.05, 4.69) is 0 Å². The van der Waals surface area contributed by atoms with Gasteiger partial charge in [-0.25, -0.2) is 8.78 Å². The molecule has 0 aromatic heterocycles. The van der Waals surface area contributed by atoms with Gasteiger partial charge < -0.3 is 5.11 Å². The highest BCUT2D eigenvalue weighted by Gasteiger charge is 2.22. The predicted octanol–water partition coefficient (Wildman–Crippen LogP) is 3.03. The molecule has 0 radical (unpaired) electrons. The second kappa shape index (κ2) is 3.46. The maximum atomic E-state index is 12.9. The molecule has 1 aromatic carbocycles. The molecule has 0 fully saturated rings. The van der Waals surface area contributed by atoms with Gasteiger partial charge in [0.25, 0.3) is 0 Å². The summed E-state index contributed by atoms with van der Waals surface area (Å²) in [4.78, 5) is 0. The van der Waals surface area contributed by atoms with E-state index in [4.69, 9.17) is 16.7 Å². The summed E-state index contributed by atoms with van der Waals surface area (Å²) in [6.07, 6.45) is 0.0788. The van der Waals surface area contributed by atoms with E-state index in [9.17, 15) is 13.2 Å². The molecule has 0 bridgehead atoms. The van der Waals surface area contributed by atoms with Gasteiger partial charge in [-0.05, 0) is 6.42 Å². The van der Waals surface area contributed by atoms with Crippen molar-refractivity contribution in [2.45, 2.75) is 13.3 Å². The fourth-order valence-corrected chi connectivity index (χ4v) is 1.28. The van der Waals surface area contributed by atoms with Crippen molar-refractivity contribution in [1.29, 1.82) is 0 Å². The molecule has 1 N–H and O–H groups in total. The van der Waals surface area contributed by atoms with Crippen LogP contribution in [0, 0.1) is 17.5 Å². The minimum atomic E-state index is -1.70. The van der Waals surface area contributed by atoms with E-state index in [-0.39, 0.29) is 12.0 Å². The average Bonchev–Trinajstić information content (AvgIpc) is 2.13. The Labute approximate surface area is 77.8 Å². The molecule has 0 aliphatic carbocycles. The third-order valence-electron chi connectivity index (χ3n) is 1.68. The van der Waals surface area contributed by atoms with E-state index < -0.39 is 28.2 Å². The molecule has 1 nitrogen and oxygen atoms in total. The molecule has 0 atom stereocenters. The van der Waals surface area contributed by atoms with E-state index in [1.807, 2.05) is 0 Å². The number of phenols is 1. The lowest BCUT2D eigenvalue weighted by Gasteiger charge is -2.07. The summed E-state index contributed by atoms with van der Waals surface area (Å²) in [7, 11) is 0. The minimum absolute atomic E-state index is 0.0788. The van der Waals surface area contributed by atoms with Crippen molar-refractivity contribution >= 4 is 11.6 Å². The van der Waals surface area contributed by atoms with Crippen LogP contribution in [0.1, 0.15) is 12.5 Å². The number of halogens is 4. The van der Waals surface area contributed by atoms with Crippen LogP contribution in [0.4, 0.5) is 13.2 Å². The van der Waals surface area contributed by atoms with Crippen LogP contribution >= 0.6 is 11.6 Å². The summed E-state index contributed by atoms with van der Waals surface area (Å²) >= 11 is 5.38. The zero-order valence-corrected chi connectivity index (χ0v) is 7.42. The number of phenolic OH excluding ortho intramolecular Hbond substituents is 1. The maximum absolute atomic E-state index is 12.9. The molecule has 0 heterocycles. The van der Waals surface area contributed by atoms with Crippen molar-refractivity contribution in [3.05, 3.63) is 28.0 Å². The Morgan fingerprint density at radius 2 is 1.69 bits per heavy atom. The van der Waals surface area contributed by atoms with Crippen molar-refractivity contribution in [2.24, 2.45) is 0 Å². The molecule has 0 amide bonds. The summed E-state index contributed by atoms with van der Waals surface area (Å²) in [6, 6.07) is 0. The van der Waals surface area contributed by atoms with Crippen LogP contribution in [-0.2, 0) is 6.42 Å². The molecule has 0 aliphatic rings. The topological polar surface area (TPSA) is 20.2 Å². The van der Waals surface area contributed by atoms with Gasteiger partial charge in [0.1, 0.15) is 0 Å². The monoisotopic (exact) mass is 210 g/mol. The van der Waals surface area contributed by atoms with Crippen molar-refractivity contribution < 1.29 is 18.3 Å². The van der Waals surface area contributed by atoms with Crippen LogP contribution in [0.25, 0.3) is 0 Å². The summed E-state index contributed by atoms with van der Waals surface area (Å²) < 4.78 is 38.2. The van der Waals surface area contributed by atoms with Crippen molar-refractivity contribution in [3.8, 4) is 5.75 Å². The van der Waals surface area contributed by atoms with Crippen molar-refractivity contribution in [1.82, 2.24) is 0 Å². The fraction of sp³-hybridized carbons (Fsp3) is 0.250. The predicted molar refractivity (Wildman–Crippen MR) is 42.4 cm³/mol. The lowest BCUT2D eigenvalue weighted by Crippen LogP contribution is -1.99. The van der Waals surface area contributed by atoms with Gasteiger partial charge in [-0.3, -0.25) is 0 Å². The Hall–Kier alpha value is -0.900. The van der Waals surface area contributed by atoms with Crippen LogP contribution < -0.4 is 0 Å². The molecular weight excluding hydrogens is 205 g/mol. The zero-order valence-electron chi connectivity index (χ0n) is 6.67. The van der Waals surface area contributed by atoms with Crippen LogP contribution in [0.2, 0.25) is 5.02 Å². The highest BCUT2D eigenvalue weighted by atomic mass is 35.5. The van der Waals surface area contributed by atoms with Gasteiger partial charge in [-0.15, -0.1) is 0 Å². The van der Waals surface area contributed by atoms with Crippen LogP contribution in [-0.4, -0.2) is 5.11 Å². The second-order valence-corrected chi connectivity index (χ2v) is 2.81. The summed E-state index contributed by atoms with van der Waals surface area (Å²) in [5.74, 6) is -5.74. The number of benzene rings is 1. The number of hydrogen-bond donors (Lipinski definition) is 1. The van der Waals surface area contributed by atoms with Gasteiger partial charge in [0, 0.05) is 5.56 Å². The first-order chi connectivity index (χ1) is 6.00. The largest absolute Gasteiger partial charge is 0.504 e. The van der Waals surface area contributed by atoms with Gasteiger partial charge in [0.05, 0.1) is 5.02 Å². The SMILES string of the molecule is CCc1c(F)c(F)c(F)c(O)c1Cl. The van der Waals surface area contributed by atoms with Gasteiger partial charge in [-0.2, -0.15) is 4.39 Å². The molecule has 72 valence electrons. The summed E-state index contributed by atoms with van der Waals surface area (Å²) in [5, 5.41) is 8.44. The first-order valence-electron chi connectivity index (χ1n) is 3.54. The molecule has 1 rings (SSSR count). The summed E-state index contributed by atoms with van der Waals surface area (Å²) in [5.41, 5.74) is -0.224. The molecule has 0 unspecified atom stereocenters. The third-order valence-corrected chi connectivity index (χ3v) is 2.09. The molecule has 0 spiro atoms. The number of hydrogen-bond acceptors (Lipinski definition) is 1. The Morgan fingerprint density at radius 1 is 1.15 bits per heavy atom. The van der Waals surface area contributed by atoms with Crippen LogP contribution in [0.3, 0.4) is 0 Å². The molecule has 0 aliphatic heterocycles. The minimum Gasteiger partial charge on any atom is -0.504 e. The summed E-state index contributed by atoms with van der Waals surface area (Å²) in [6.45, 7) is 1.51. The van der Waals surface area contributed by atoms with Gasteiger partial charge in [-0.1, -0.05) is 18.5 Å². The molecule has 13 heavy (non-hydrogen) atoms. The number of aromatic hydroxyl groups is 1. The van der Waals surface area contributed by atoms with E-state index in [1.165, 1.54) is 6.92 Å². The zero-order chi connectivity index (χ0) is 10.2. The molecule has 5 heteroatoms. The highest BCUT2D eigenvalue weighted by Crippen LogP contribution is 2.34. The van der Waals surface area contributed by atoms with Crippen LogP contribution in [0.15, 0.2) is 0 Å². The lowest BCUT2D eigenvalue weighted by atomic mass is 10.1. The molecule has 0 saturated carbocycles. The van der Waals surface area contributed by atoms with Gasteiger partial charge >= 0.3 is 0 Å². The Morgan fingerprint density at radius 3 is 2.15 bits per heavy atom. The first-order valence-corrected chi connectivity index (χ1v) is 3.92. The molecule has 0 saturated heterocycles. The standard InChI is InChI=1S/C8H6ClF3O/c1-2-3-4(9)8(13)7(12)6(11)5(3)10/h13H,2H2,1H3. The smallest absolute Gasteiger partial charge is 0.205 e. The maximum Gasteiger partial charge on any atom is 0.205 e. The van der Waals surface area contributed by atoms with E-state index in [0.29, 0.717) is 0 Å².